The number of nitrogens with one attached hydrogen (secondary N) is 2. The summed E-state index contributed by atoms with van der Waals surface area (Å²) in [6.07, 6.45) is 0. The molecule has 0 atom stereocenters. The maximum absolute atomic E-state index is 7.03. The zero-order valence-corrected chi connectivity index (χ0v) is 6.58. The topological polar surface area (TPSA) is 71.1 Å². The maximum Gasteiger partial charge on any atom is 0.301 e. The Hall–Kier alpha value is -1.55. The second kappa shape index (κ2) is 4.35. The summed E-state index contributed by atoms with van der Waals surface area (Å²) < 4.78 is 0. The van der Waals surface area contributed by atoms with Gasteiger partial charge in [0.15, 0.2) is 0 Å². The first kappa shape index (κ1) is 8.55. The van der Waals surface area contributed by atoms with Crippen LogP contribution >= 0.6 is 0 Å². The van der Waals surface area contributed by atoms with Crippen LogP contribution in [0.15, 0.2) is 30.3 Å². The van der Waals surface area contributed by atoms with Gasteiger partial charge in [-0.1, -0.05) is 30.3 Å². The van der Waals surface area contributed by atoms with Crippen LogP contribution in [0.25, 0.3) is 0 Å². The highest BCUT2D eigenvalue weighted by Gasteiger charge is 1.93. The van der Waals surface area contributed by atoms with Gasteiger partial charge in [-0.15, -0.1) is 0 Å². The highest BCUT2D eigenvalue weighted by molar-refractivity contribution is 5.69. The first-order valence-corrected chi connectivity index (χ1v) is 3.56. The summed E-state index contributed by atoms with van der Waals surface area (Å²) in [6, 6.07) is 9.59. The van der Waals surface area contributed by atoms with E-state index in [9.17, 15) is 0 Å². The quantitative estimate of drug-likeness (QED) is 0.341. The summed E-state index contributed by atoms with van der Waals surface area (Å²) in [5, 5.41) is 9.71. The molecule has 0 amide bonds. The molecule has 12 heavy (non-hydrogen) atoms. The minimum atomic E-state index is -0.126. The van der Waals surface area contributed by atoms with Gasteiger partial charge in [-0.05, 0) is 5.56 Å². The highest BCUT2D eigenvalue weighted by Crippen LogP contribution is 1.96. The van der Waals surface area contributed by atoms with Gasteiger partial charge >= 0.3 is 6.02 Å². The Morgan fingerprint density at radius 1 is 1.42 bits per heavy atom. The smallest absolute Gasteiger partial charge is 0.301 e. The molecule has 0 aliphatic carbocycles. The molecule has 4 heteroatoms. The average molecular weight is 165 g/mol. The lowest BCUT2D eigenvalue weighted by molar-refractivity contribution is 0.299. The van der Waals surface area contributed by atoms with Crippen LogP contribution in [0.5, 0.6) is 0 Å². The van der Waals surface area contributed by atoms with Crippen molar-refractivity contribution in [2.45, 2.75) is 6.54 Å². The van der Waals surface area contributed by atoms with E-state index < -0.39 is 0 Å². The number of nitrogens with two attached hydrogens (primary N) is 1. The van der Waals surface area contributed by atoms with Crippen LogP contribution in [-0.4, -0.2) is 6.02 Å². The SMILES string of the molecule is N=C(NCc1ccccc1)ON. The lowest BCUT2D eigenvalue weighted by Crippen LogP contribution is -2.26. The Morgan fingerprint density at radius 3 is 2.67 bits per heavy atom. The zero-order valence-electron chi connectivity index (χ0n) is 6.58. The van der Waals surface area contributed by atoms with E-state index in [2.05, 4.69) is 10.2 Å². The van der Waals surface area contributed by atoms with E-state index in [0.29, 0.717) is 6.54 Å². The number of rotatable bonds is 2. The Labute approximate surface area is 70.8 Å². The molecule has 0 spiro atoms. The van der Waals surface area contributed by atoms with Gasteiger partial charge in [0.2, 0.25) is 0 Å². The molecular formula is C8H11N3O. The number of hydrogen-bond acceptors (Lipinski definition) is 3. The van der Waals surface area contributed by atoms with Crippen molar-refractivity contribution in [1.82, 2.24) is 5.32 Å². The molecule has 0 fully saturated rings. The van der Waals surface area contributed by atoms with Gasteiger partial charge in [-0.2, -0.15) is 5.90 Å². The zero-order chi connectivity index (χ0) is 8.81. The summed E-state index contributed by atoms with van der Waals surface area (Å²) in [5.41, 5.74) is 1.08. The second-order valence-electron chi connectivity index (χ2n) is 2.29. The second-order valence-corrected chi connectivity index (χ2v) is 2.29. The number of hydrogen-bond donors (Lipinski definition) is 3. The van der Waals surface area contributed by atoms with Crippen molar-refractivity contribution in [3.05, 3.63) is 35.9 Å². The number of amidine groups is 1. The van der Waals surface area contributed by atoms with E-state index in [0.717, 1.165) is 5.56 Å². The van der Waals surface area contributed by atoms with Crippen LogP contribution in [0.4, 0.5) is 0 Å². The van der Waals surface area contributed by atoms with Gasteiger partial charge in [0, 0.05) is 6.54 Å². The van der Waals surface area contributed by atoms with Gasteiger partial charge in [-0.25, -0.2) is 0 Å². The Balaban J connectivity index is 2.38. The van der Waals surface area contributed by atoms with Crippen molar-refractivity contribution in [3.63, 3.8) is 0 Å². The first-order chi connectivity index (χ1) is 5.83. The Kier molecular flexibility index (Phi) is 3.10. The van der Waals surface area contributed by atoms with Crippen molar-refractivity contribution in [3.8, 4) is 0 Å². The summed E-state index contributed by atoms with van der Waals surface area (Å²) in [7, 11) is 0. The summed E-state index contributed by atoms with van der Waals surface area (Å²) in [5.74, 6) is 4.75. The van der Waals surface area contributed by atoms with E-state index in [-0.39, 0.29) is 6.02 Å². The third-order valence-corrected chi connectivity index (χ3v) is 1.41. The molecular weight excluding hydrogens is 154 g/mol. The fourth-order valence-electron chi connectivity index (χ4n) is 0.820. The van der Waals surface area contributed by atoms with Gasteiger partial charge in [0.05, 0.1) is 0 Å². The Bertz CT molecular complexity index is 248. The average Bonchev–Trinajstić information content (AvgIpc) is 2.16. The van der Waals surface area contributed by atoms with Crippen LogP contribution in [0.1, 0.15) is 5.56 Å². The predicted octanol–water partition coefficient (Wildman–Crippen LogP) is 0.601. The van der Waals surface area contributed by atoms with Crippen LogP contribution in [0, 0.1) is 5.41 Å². The molecule has 0 heterocycles. The highest BCUT2D eigenvalue weighted by atomic mass is 16.6. The molecule has 1 aromatic rings. The fourth-order valence-corrected chi connectivity index (χ4v) is 0.820. The van der Waals surface area contributed by atoms with Crippen LogP contribution in [0.2, 0.25) is 0 Å². The van der Waals surface area contributed by atoms with Gasteiger partial charge in [0.25, 0.3) is 0 Å². The van der Waals surface area contributed by atoms with Crippen LogP contribution < -0.4 is 11.2 Å². The van der Waals surface area contributed by atoms with Crippen molar-refractivity contribution >= 4 is 6.02 Å². The van der Waals surface area contributed by atoms with Crippen molar-refractivity contribution in [1.29, 1.82) is 5.41 Å². The molecule has 64 valence electrons. The predicted molar refractivity (Wildman–Crippen MR) is 46.3 cm³/mol. The largest absolute Gasteiger partial charge is 0.374 e. The minimum Gasteiger partial charge on any atom is -0.374 e. The molecule has 1 aromatic carbocycles. The maximum atomic E-state index is 7.03. The molecule has 1 rings (SSSR count). The minimum absolute atomic E-state index is 0.126. The van der Waals surface area contributed by atoms with Crippen LogP contribution in [-0.2, 0) is 11.4 Å². The van der Waals surface area contributed by atoms with Crippen molar-refractivity contribution < 1.29 is 4.84 Å². The number of benzene rings is 1. The van der Waals surface area contributed by atoms with E-state index in [4.69, 9.17) is 11.3 Å². The molecule has 0 aromatic heterocycles. The van der Waals surface area contributed by atoms with E-state index >= 15 is 0 Å². The third kappa shape index (κ3) is 2.59. The summed E-state index contributed by atoms with van der Waals surface area (Å²) >= 11 is 0. The standard InChI is InChI=1S/C8H11N3O/c9-8(12-10)11-6-7-4-2-1-3-5-7/h1-5H,6,10H2,(H2,9,11). The monoisotopic (exact) mass is 165 g/mol. The van der Waals surface area contributed by atoms with Gasteiger partial charge < -0.3 is 10.2 Å². The molecule has 4 N–H and O–H groups in total. The Morgan fingerprint density at radius 2 is 2.08 bits per heavy atom. The summed E-state index contributed by atoms with van der Waals surface area (Å²) in [4.78, 5) is 4.14. The van der Waals surface area contributed by atoms with E-state index in [1.54, 1.807) is 0 Å². The lowest BCUT2D eigenvalue weighted by atomic mass is 10.2. The molecule has 0 saturated heterocycles. The molecule has 0 saturated carbocycles. The molecule has 0 aliphatic rings. The lowest BCUT2D eigenvalue weighted by Gasteiger charge is -2.04. The van der Waals surface area contributed by atoms with E-state index in [1.165, 1.54) is 0 Å². The molecule has 0 aliphatic heterocycles. The van der Waals surface area contributed by atoms with E-state index in [1.807, 2.05) is 30.3 Å². The molecule has 0 unspecified atom stereocenters. The normalized spacial score (nSPS) is 9.08. The van der Waals surface area contributed by atoms with Crippen LogP contribution in [0.3, 0.4) is 0 Å². The first-order valence-electron chi connectivity index (χ1n) is 3.56. The third-order valence-electron chi connectivity index (χ3n) is 1.41. The summed E-state index contributed by atoms with van der Waals surface area (Å²) in [6.45, 7) is 0.552. The molecule has 0 radical (unpaired) electrons. The molecule has 0 bridgehead atoms. The van der Waals surface area contributed by atoms with Crippen molar-refractivity contribution in [2.24, 2.45) is 5.90 Å². The molecule has 4 nitrogen and oxygen atoms in total. The van der Waals surface area contributed by atoms with Gasteiger partial charge in [0.1, 0.15) is 0 Å². The fraction of sp³-hybridized carbons (Fsp3) is 0.125. The van der Waals surface area contributed by atoms with Crippen molar-refractivity contribution in [2.75, 3.05) is 0 Å². The van der Waals surface area contributed by atoms with Gasteiger partial charge in [-0.3, -0.25) is 5.41 Å².